The molecule has 7 heteroatoms. The summed E-state index contributed by atoms with van der Waals surface area (Å²) in [5.74, 6) is 1.44. The van der Waals surface area contributed by atoms with Crippen molar-refractivity contribution in [2.45, 2.75) is 25.7 Å². The number of nitrogens with zero attached hydrogens (tertiary/aromatic N) is 1. The van der Waals surface area contributed by atoms with Crippen LogP contribution in [0.3, 0.4) is 0 Å². The van der Waals surface area contributed by atoms with E-state index >= 15 is 0 Å². The van der Waals surface area contributed by atoms with Crippen LogP contribution in [0.4, 0.5) is 5.69 Å². The number of anilines is 1. The minimum Gasteiger partial charge on any atom is -0.457 e. The van der Waals surface area contributed by atoms with Crippen molar-refractivity contribution in [2.24, 2.45) is 0 Å². The van der Waals surface area contributed by atoms with E-state index in [9.17, 15) is 13.2 Å². The van der Waals surface area contributed by atoms with Crippen LogP contribution in [0.1, 0.15) is 31.2 Å². The monoisotopic (exact) mass is 466 g/mol. The Kier molecular flexibility index (Phi) is 8.49. The lowest BCUT2D eigenvalue weighted by atomic mass is 10.0. The molecule has 0 saturated heterocycles. The average molecular weight is 467 g/mol. The van der Waals surface area contributed by atoms with E-state index in [1.165, 1.54) is 16.1 Å². The lowest BCUT2D eigenvalue weighted by molar-refractivity contribution is -0.121. The molecule has 0 aliphatic carbocycles. The van der Waals surface area contributed by atoms with Gasteiger partial charge in [-0.1, -0.05) is 55.5 Å². The summed E-state index contributed by atoms with van der Waals surface area (Å²) in [6, 6.07) is 26.3. The van der Waals surface area contributed by atoms with Crippen LogP contribution in [0.2, 0.25) is 0 Å². The Bertz CT molecular complexity index is 1120. The summed E-state index contributed by atoms with van der Waals surface area (Å²) in [5, 5.41) is 2.94. The van der Waals surface area contributed by atoms with Gasteiger partial charge in [-0.05, 0) is 54.3 Å². The molecule has 0 spiro atoms. The first-order chi connectivity index (χ1) is 15.8. The van der Waals surface area contributed by atoms with E-state index in [2.05, 4.69) is 12.2 Å². The predicted molar refractivity (Wildman–Crippen MR) is 132 cm³/mol. The van der Waals surface area contributed by atoms with E-state index in [4.69, 9.17) is 4.74 Å². The van der Waals surface area contributed by atoms with Crippen molar-refractivity contribution in [3.05, 3.63) is 90.5 Å². The molecule has 0 fully saturated rings. The van der Waals surface area contributed by atoms with Crippen molar-refractivity contribution in [1.29, 1.82) is 0 Å². The van der Waals surface area contributed by atoms with Crippen molar-refractivity contribution in [3.8, 4) is 11.5 Å². The number of nitrogens with one attached hydrogen (secondary N) is 1. The molecule has 3 aromatic rings. The summed E-state index contributed by atoms with van der Waals surface area (Å²) in [7, 11) is -3.49. The fourth-order valence-electron chi connectivity index (χ4n) is 3.43. The van der Waals surface area contributed by atoms with Gasteiger partial charge in [0.15, 0.2) is 0 Å². The van der Waals surface area contributed by atoms with Gasteiger partial charge in [-0.25, -0.2) is 8.42 Å². The number of benzene rings is 3. The standard InChI is InChI=1S/C26H30N2O4S/c1-21(22-10-5-3-6-11-22)20-27-26(29)14-9-19-28(33(2,30)31)23-15-17-25(18-16-23)32-24-12-7-4-8-13-24/h3-8,10-13,15-18,21H,9,14,19-20H2,1-2H3,(H,27,29). The smallest absolute Gasteiger partial charge is 0.232 e. The van der Waals surface area contributed by atoms with Crippen molar-refractivity contribution in [3.63, 3.8) is 0 Å². The van der Waals surface area contributed by atoms with E-state index in [0.29, 0.717) is 30.2 Å². The third-order valence-electron chi connectivity index (χ3n) is 5.24. The molecular formula is C26H30N2O4S. The first-order valence-electron chi connectivity index (χ1n) is 11.0. The number of carbonyl (C=O) groups is 1. The fraction of sp³-hybridized carbons (Fsp3) is 0.269. The zero-order valence-corrected chi connectivity index (χ0v) is 19.8. The molecule has 1 N–H and O–H groups in total. The van der Waals surface area contributed by atoms with E-state index in [1.54, 1.807) is 24.3 Å². The number of ether oxygens (including phenoxy) is 1. The van der Waals surface area contributed by atoms with Gasteiger partial charge < -0.3 is 10.1 Å². The first kappa shape index (κ1) is 24.3. The second kappa shape index (κ2) is 11.5. The molecule has 0 radical (unpaired) electrons. The van der Waals surface area contributed by atoms with Gasteiger partial charge in [0.05, 0.1) is 11.9 Å². The second-order valence-electron chi connectivity index (χ2n) is 7.96. The maximum atomic E-state index is 12.3. The SMILES string of the molecule is CC(CNC(=O)CCCN(c1ccc(Oc2ccccc2)cc1)S(C)(=O)=O)c1ccccc1. The molecule has 0 bridgehead atoms. The van der Waals surface area contributed by atoms with Crippen LogP contribution in [0.5, 0.6) is 11.5 Å². The molecule has 0 heterocycles. The van der Waals surface area contributed by atoms with Crippen molar-refractivity contribution in [1.82, 2.24) is 5.32 Å². The molecule has 1 unspecified atom stereocenters. The van der Waals surface area contributed by atoms with Gasteiger partial charge in [0.2, 0.25) is 15.9 Å². The van der Waals surface area contributed by atoms with Crippen LogP contribution in [-0.2, 0) is 14.8 Å². The van der Waals surface area contributed by atoms with E-state index < -0.39 is 10.0 Å². The van der Waals surface area contributed by atoms with Crippen LogP contribution >= 0.6 is 0 Å². The summed E-state index contributed by atoms with van der Waals surface area (Å²) in [4.78, 5) is 12.3. The summed E-state index contributed by atoms with van der Waals surface area (Å²) >= 11 is 0. The van der Waals surface area contributed by atoms with Gasteiger partial charge in [0.1, 0.15) is 11.5 Å². The largest absolute Gasteiger partial charge is 0.457 e. The second-order valence-corrected chi connectivity index (χ2v) is 9.87. The van der Waals surface area contributed by atoms with Gasteiger partial charge >= 0.3 is 0 Å². The van der Waals surface area contributed by atoms with Gasteiger partial charge in [-0.3, -0.25) is 9.10 Å². The van der Waals surface area contributed by atoms with Gasteiger partial charge in [-0.2, -0.15) is 0 Å². The highest BCUT2D eigenvalue weighted by atomic mass is 32.2. The van der Waals surface area contributed by atoms with Crippen molar-refractivity contribution in [2.75, 3.05) is 23.7 Å². The minimum absolute atomic E-state index is 0.0853. The van der Waals surface area contributed by atoms with Gasteiger partial charge in [-0.15, -0.1) is 0 Å². The number of hydrogen-bond acceptors (Lipinski definition) is 4. The van der Waals surface area contributed by atoms with E-state index in [0.717, 1.165) is 0 Å². The summed E-state index contributed by atoms with van der Waals surface area (Å²) in [5.41, 5.74) is 1.71. The molecule has 3 aromatic carbocycles. The molecule has 6 nitrogen and oxygen atoms in total. The zero-order chi connectivity index (χ0) is 23.7. The van der Waals surface area contributed by atoms with Crippen LogP contribution in [0.15, 0.2) is 84.9 Å². The topological polar surface area (TPSA) is 75.7 Å². The summed E-state index contributed by atoms with van der Waals surface area (Å²) < 4.78 is 31.8. The third-order valence-corrected chi connectivity index (χ3v) is 6.44. The lowest BCUT2D eigenvalue weighted by Crippen LogP contribution is -2.32. The Morgan fingerprint density at radius 2 is 1.48 bits per heavy atom. The number of sulfonamides is 1. The molecule has 0 aliphatic rings. The van der Waals surface area contributed by atoms with E-state index in [1.807, 2.05) is 60.7 Å². The Morgan fingerprint density at radius 3 is 2.09 bits per heavy atom. The molecule has 0 aliphatic heterocycles. The Hall–Kier alpha value is -3.32. The summed E-state index contributed by atoms with van der Waals surface area (Å²) in [6.45, 7) is 2.83. The highest BCUT2D eigenvalue weighted by molar-refractivity contribution is 7.92. The molecule has 1 amide bonds. The van der Waals surface area contributed by atoms with Crippen molar-refractivity contribution < 1.29 is 17.9 Å². The maximum Gasteiger partial charge on any atom is 0.232 e. The number of amides is 1. The third kappa shape index (κ3) is 7.64. The highest BCUT2D eigenvalue weighted by Crippen LogP contribution is 2.25. The Morgan fingerprint density at radius 1 is 0.909 bits per heavy atom. The van der Waals surface area contributed by atoms with E-state index in [-0.39, 0.29) is 24.8 Å². The lowest BCUT2D eigenvalue weighted by Gasteiger charge is -2.22. The Labute approximate surface area is 196 Å². The first-order valence-corrected chi connectivity index (χ1v) is 12.8. The number of para-hydroxylation sites is 1. The van der Waals surface area contributed by atoms with Gasteiger partial charge in [0.25, 0.3) is 0 Å². The molecule has 0 saturated carbocycles. The van der Waals surface area contributed by atoms with Gasteiger partial charge in [0, 0.05) is 19.5 Å². The fourth-order valence-corrected chi connectivity index (χ4v) is 4.39. The molecular weight excluding hydrogens is 436 g/mol. The van der Waals surface area contributed by atoms with Crippen LogP contribution in [-0.4, -0.2) is 33.7 Å². The maximum absolute atomic E-state index is 12.3. The quantitative estimate of drug-likeness (QED) is 0.434. The molecule has 1 atom stereocenters. The average Bonchev–Trinajstić information content (AvgIpc) is 2.81. The van der Waals surface area contributed by atoms with Crippen LogP contribution < -0.4 is 14.4 Å². The number of rotatable bonds is 11. The summed E-state index contributed by atoms with van der Waals surface area (Å²) in [6.07, 6.45) is 1.84. The van der Waals surface area contributed by atoms with Crippen LogP contribution in [0, 0.1) is 0 Å². The minimum atomic E-state index is -3.49. The molecule has 3 rings (SSSR count). The number of carbonyl (C=O) groups excluding carboxylic acids is 1. The molecule has 174 valence electrons. The Balaban J connectivity index is 1.52. The molecule has 33 heavy (non-hydrogen) atoms. The number of hydrogen-bond donors (Lipinski definition) is 1. The normalized spacial score (nSPS) is 12.1. The predicted octanol–water partition coefficient (Wildman–Crippen LogP) is 4.95. The zero-order valence-electron chi connectivity index (χ0n) is 19.0. The highest BCUT2D eigenvalue weighted by Gasteiger charge is 2.18. The van der Waals surface area contributed by atoms with Crippen molar-refractivity contribution >= 4 is 21.6 Å². The van der Waals surface area contributed by atoms with Crippen LogP contribution in [0.25, 0.3) is 0 Å². The molecule has 0 aromatic heterocycles.